The Morgan fingerprint density at radius 1 is 1.25 bits per heavy atom. The summed E-state index contributed by atoms with van der Waals surface area (Å²) in [5, 5.41) is 11.1. The Morgan fingerprint density at radius 2 is 2.12 bits per heavy atom. The van der Waals surface area contributed by atoms with Gasteiger partial charge in [-0.3, -0.25) is 20.3 Å². The highest BCUT2D eigenvalue weighted by molar-refractivity contribution is 5.87. The second-order valence-corrected chi connectivity index (χ2v) is 12.8. The van der Waals surface area contributed by atoms with E-state index in [4.69, 9.17) is 9.47 Å². The van der Waals surface area contributed by atoms with Crippen molar-refractivity contribution in [3.05, 3.63) is 42.0 Å². The van der Waals surface area contributed by atoms with E-state index in [0.717, 1.165) is 64.2 Å². The van der Waals surface area contributed by atoms with Gasteiger partial charge in [0.05, 0.1) is 18.8 Å². The molecule has 9 nitrogen and oxygen atoms in total. The van der Waals surface area contributed by atoms with Crippen molar-refractivity contribution >= 4 is 5.91 Å². The molecule has 1 saturated carbocycles. The van der Waals surface area contributed by atoms with Gasteiger partial charge < -0.3 is 24.6 Å². The van der Waals surface area contributed by atoms with Crippen LogP contribution in [0.4, 0.5) is 0 Å². The van der Waals surface area contributed by atoms with Gasteiger partial charge in [-0.25, -0.2) is 0 Å². The van der Waals surface area contributed by atoms with Crippen molar-refractivity contribution in [3.63, 3.8) is 0 Å². The number of carbonyl (C=O) groups excluding carboxylic acids is 1. The highest BCUT2D eigenvalue weighted by atomic mass is 16.5. The van der Waals surface area contributed by atoms with E-state index in [1.165, 1.54) is 30.0 Å². The maximum atomic E-state index is 12.6. The average Bonchev–Trinajstić information content (AvgIpc) is 3.52. The van der Waals surface area contributed by atoms with E-state index in [0.29, 0.717) is 18.5 Å². The highest BCUT2D eigenvalue weighted by Gasteiger charge is 2.52. The number of piperazine rings is 1. The molecule has 40 heavy (non-hydrogen) atoms. The number of amides is 1. The summed E-state index contributed by atoms with van der Waals surface area (Å²) in [5.41, 5.74) is 2.44. The van der Waals surface area contributed by atoms with Crippen molar-refractivity contribution in [2.24, 2.45) is 5.92 Å². The van der Waals surface area contributed by atoms with Crippen LogP contribution < -0.4 is 20.7 Å². The Labute approximate surface area is 239 Å². The molecule has 6 rings (SSSR count). The SMILES string of the molecule is C=CC(=O)N1CCN(C2NC(OCC3CCCN3C)NC3C[C@]4(CCC32)Cc2ccc(C)cc2O4)CC1CNC. The smallest absolute Gasteiger partial charge is 0.246 e. The van der Waals surface area contributed by atoms with Gasteiger partial charge in [-0.1, -0.05) is 18.7 Å². The van der Waals surface area contributed by atoms with Gasteiger partial charge in [0.2, 0.25) is 5.91 Å². The summed E-state index contributed by atoms with van der Waals surface area (Å²) in [6.07, 6.45) is 7.94. The first kappa shape index (κ1) is 28.1. The predicted molar refractivity (Wildman–Crippen MR) is 156 cm³/mol. The zero-order chi connectivity index (χ0) is 27.9. The fraction of sp³-hybridized carbons (Fsp3) is 0.710. The van der Waals surface area contributed by atoms with Crippen LogP contribution in [0.15, 0.2) is 30.9 Å². The van der Waals surface area contributed by atoms with E-state index < -0.39 is 0 Å². The Morgan fingerprint density at radius 3 is 2.90 bits per heavy atom. The monoisotopic (exact) mass is 552 g/mol. The molecule has 9 heteroatoms. The number of rotatable bonds is 7. The molecule has 1 aromatic rings. The van der Waals surface area contributed by atoms with Crippen molar-refractivity contribution in [3.8, 4) is 5.75 Å². The zero-order valence-electron chi connectivity index (χ0n) is 24.5. The van der Waals surface area contributed by atoms with Crippen LogP contribution in [-0.2, 0) is 16.0 Å². The number of nitrogens with zero attached hydrogens (tertiary/aromatic N) is 3. The van der Waals surface area contributed by atoms with Crippen LogP contribution in [-0.4, -0.2) is 110 Å². The third-order valence-electron chi connectivity index (χ3n) is 10.1. The lowest BCUT2D eigenvalue weighted by atomic mass is 9.71. The predicted octanol–water partition coefficient (Wildman–Crippen LogP) is 1.67. The molecule has 6 unspecified atom stereocenters. The van der Waals surface area contributed by atoms with E-state index >= 15 is 0 Å². The van der Waals surface area contributed by atoms with Crippen LogP contribution in [0.25, 0.3) is 0 Å². The number of ether oxygens (including phenoxy) is 2. The number of nitrogens with one attached hydrogen (secondary N) is 3. The molecular weight excluding hydrogens is 504 g/mol. The molecular formula is C31H48N6O3. The molecule has 0 bridgehead atoms. The van der Waals surface area contributed by atoms with Crippen molar-refractivity contribution < 1.29 is 14.3 Å². The fourth-order valence-electron chi connectivity index (χ4n) is 7.96. The minimum atomic E-state index is -0.211. The molecule has 1 aliphatic carbocycles. The Kier molecular flexibility index (Phi) is 8.23. The summed E-state index contributed by atoms with van der Waals surface area (Å²) < 4.78 is 13.3. The van der Waals surface area contributed by atoms with Gasteiger partial charge in [0.25, 0.3) is 0 Å². The first-order valence-electron chi connectivity index (χ1n) is 15.3. The molecule has 7 atom stereocenters. The topological polar surface area (TPSA) is 81.3 Å². The van der Waals surface area contributed by atoms with Gasteiger partial charge in [-0.05, 0) is 76.5 Å². The van der Waals surface area contributed by atoms with E-state index in [1.54, 1.807) is 0 Å². The second-order valence-electron chi connectivity index (χ2n) is 12.8. The summed E-state index contributed by atoms with van der Waals surface area (Å²) in [5.74, 6) is 1.52. The Hall–Kier alpha value is -2.01. The molecule has 1 amide bonds. The maximum absolute atomic E-state index is 12.6. The summed E-state index contributed by atoms with van der Waals surface area (Å²) in [7, 11) is 4.16. The molecule has 3 N–H and O–H groups in total. The van der Waals surface area contributed by atoms with Crippen molar-refractivity contribution in [1.82, 2.24) is 30.7 Å². The number of hydrogen-bond acceptors (Lipinski definition) is 8. The van der Waals surface area contributed by atoms with E-state index in [2.05, 4.69) is 64.5 Å². The number of likely N-dealkylation sites (tertiary alicyclic amines) is 1. The van der Waals surface area contributed by atoms with Crippen molar-refractivity contribution in [1.29, 1.82) is 0 Å². The number of fused-ring (bicyclic) bond motifs is 2. The quantitative estimate of drug-likeness (QED) is 0.441. The van der Waals surface area contributed by atoms with Crippen LogP contribution in [0.2, 0.25) is 0 Å². The van der Waals surface area contributed by atoms with Gasteiger partial charge in [0, 0.05) is 57.0 Å². The molecule has 4 aliphatic heterocycles. The zero-order valence-corrected chi connectivity index (χ0v) is 24.5. The Balaban J connectivity index is 1.20. The largest absolute Gasteiger partial charge is 0.487 e. The number of likely N-dealkylation sites (N-methyl/N-ethyl adjacent to an activating group) is 2. The number of carbonyl (C=O) groups is 1. The van der Waals surface area contributed by atoms with Crippen LogP contribution in [0.3, 0.4) is 0 Å². The molecule has 1 aromatic carbocycles. The first-order valence-corrected chi connectivity index (χ1v) is 15.3. The molecule has 5 aliphatic rings. The summed E-state index contributed by atoms with van der Waals surface area (Å²) in [6, 6.07) is 7.52. The van der Waals surface area contributed by atoms with Crippen molar-refractivity contribution in [2.75, 3.05) is 53.4 Å². The first-order chi connectivity index (χ1) is 19.4. The minimum Gasteiger partial charge on any atom is -0.487 e. The third-order valence-corrected chi connectivity index (χ3v) is 10.1. The molecule has 4 fully saturated rings. The van der Waals surface area contributed by atoms with Gasteiger partial charge in [0.15, 0.2) is 6.35 Å². The normalized spacial score (nSPS) is 36.3. The Bertz CT molecular complexity index is 1090. The summed E-state index contributed by atoms with van der Waals surface area (Å²) in [6.45, 7) is 10.9. The average molecular weight is 553 g/mol. The highest BCUT2D eigenvalue weighted by Crippen LogP contribution is 2.47. The lowest BCUT2D eigenvalue weighted by Crippen LogP contribution is -2.73. The lowest BCUT2D eigenvalue weighted by Gasteiger charge is -2.54. The molecule has 0 radical (unpaired) electrons. The van der Waals surface area contributed by atoms with Gasteiger partial charge >= 0.3 is 0 Å². The number of aryl methyl sites for hydroxylation is 1. The number of hydrogen-bond donors (Lipinski definition) is 3. The van der Waals surface area contributed by atoms with E-state index in [-0.39, 0.29) is 36.1 Å². The standard InChI is InChI=1S/C31H48N6O3/c1-5-28(38)37-14-13-36(19-24(37)18-32-3)29-25-10-11-31(16-22-9-8-21(2)15-27(22)40-31)17-26(25)33-30(34-29)39-20-23-7-6-12-35(23)4/h5,8-9,15,23-26,29-30,32-34H,1,6-7,10-14,16-20H2,2-4H3/t23?,24?,25?,26?,29?,30?,31-/m0/s1. The van der Waals surface area contributed by atoms with E-state index in [9.17, 15) is 4.79 Å². The second kappa shape index (κ2) is 11.7. The van der Waals surface area contributed by atoms with Gasteiger partial charge in [-0.15, -0.1) is 0 Å². The van der Waals surface area contributed by atoms with Crippen LogP contribution >= 0.6 is 0 Å². The molecule has 3 saturated heterocycles. The van der Waals surface area contributed by atoms with Gasteiger partial charge in [0.1, 0.15) is 11.4 Å². The minimum absolute atomic E-state index is 0.0192. The molecule has 220 valence electrons. The van der Waals surface area contributed by atoms with Crippen LogP contribution in [0.1, 0.15) is 43.2 Å². The van der Waals surface area contributed by atoms with Crippen LogP contribution in [0.5, 0.6) is 5.75 Å². The molecule has 0 aromatic heterocycles. The van der Waals surface area contributed by atoms with Crippen molar-refractivity contribution in [2.45, 2.75) is 81.7 Å². The number of benzene rings is 1. The molecule has 4 heterocycles. The summed E-state index contributed by atoms with van der Waals surface area (Å²) in [4.78, 5) is 19.6. The summed E-state index contributed by atoms with van der Waals surface area (Å²) >= 11 is 0. The fourth-order valence-corrected chi connectivity index (χ4v) is 7.96. The maximum Gasteiger partial charge on any atom is 0.246 e. The van der Waals surface area contributed by atoms with E-state index in [1.807, 2.05) is 11.9 Å². The van der Waals surface area contributed by atoms with Gasteiger partial charge in [-0.2, -0.15) is 0 Å². The third kappa shape index (κ3) is 5.56. The van der Waals surface area contributed by atoms with Crippen LogP contribution in [0, 0.1) is 12.8 Å². The lowest BCUT2D eigenvalue weighted by molar-refractivity contribution is -0.138. The molecule has 1 spiro atoms.